The number of hydrogen-bond donors (Lipinski definition) is 0. The second kappa shape index (κ2) is 10.3. The molecule has 2 saturated carbocycles. The average Bonchev–Trinajstić information content (AvgIpc) is 2.82. The van der Waals surface area contributed by atoms with E-state index < -0.39 is 11.6 Å². The Bertz CT molecular complexity index is 897. The minimum absolute atomic E-state index is 0.161. The van der Waals surface area contributed by atoms with Crippen LogP contribution in [0.2, 0.25) is 0 Å². The summed E-state index contributed by atoms with van der Waals surface area (Å²) in [6.45, 7) is 4.27. The van der Waals surface area contributed by atoms with Crippen LogP contribution in [-0.4, -0.2) is 0 Å². The maximum Gasteiger partial charge on any atom is 0.166 e. The molecule has 0 aromatic heterocycles. The van der Waals surface area contributed by atoms with Crippen molar-refractivity contribution in [1.29, 1.82) is 0 Å². The zero-order valence-corrected chi connectivity index (χ0v) is 19.3. The van der Waals surface area contributed by atoms with Crippen molar-refractivity contribution in [3.8, 4) is 0 Å². The highest BCUT2D eigenvalue weighted by Crippen LogP contribution is 2.45. The molecule has 0 nitrogen and oxygen atoms in total. The maximum atomic E-state index is 15.0. The number of unbranched alkanes of at least 4 members (excludes halogenated alkanes) is 1. The zero-order valence-electron chi connectivity index (χ0n) is 19.3. The summed E-state index contributed by atoms with van der Waals surface area (Å²) in [6.07, 6.45) is 17.8. The van der Waals surface area contributed by atoms with Crippen molar-refractivity contribution in [2.45, 2.75) is 90.4 Å². The van der Waals surface area contributed by atoms with Crippen LogP contribution in [0.25, 0.3) is 10.8 Å². The molecule has 0 N–H and O–H groups in total. The van der Waals surface area contributed by atoms with Crippen molar-refractivity contribution in [3.63, 3.8) is 0 Å². The third-order valence-electron chi connectivity index (χ3n) is 8.08. The Morgan fingerprint density at radius 2 is 1.52 bits per heavy atom. The van der Waals surface area contributed by atoms with E-state index in [0.717, 1.165) is 48.0 Å². The molecular formula is C29H38F2. The lowest BCUT2D eigenvalue weighted by Crippen LogP contribution is -2.25. The zero-order chi connectivity index (χ0) is 21.8. The van der Waals surface area contributed by atoms with E-state index in [1.165, 1.54) is 51.4 Å². The molecule has 168 valence electrons. The van der Waals surface area contributed by atoms with Crippen LogP contribution in [0.3, 0.4) is 0 Å². The monoisotopic (exact) mass is 424 g/mol. The van der Waals surface area contributed by atoms with Crippen LogP contribution in [0.5, 0.6) is 0 Å². The van der Waals surface area contributed by atoms with E-state index in [1.54, 1.807) is 0 Å². The number of halogens is 2. The molecule has 0 heterocycles. The first-order valence-corrected chi connectivity index (χ1v) is 12.7. The largest absolute Gasteiger partial charge is 0.203 e. The van der Waals surface area contributed by atoms with E-state index in [-0.39, 0.29) is 5.92 Å². The summed E-state index contributed by atoms with van der Waals surface area (Å²) in [6, 6.07) is 7.72. The van der Waals surface area contributed by atoms with Gasteiger partial charge in [-0.2, -0.15) is 0 Å². The minimum Gasteiger partial charge on any atom is -0.203 e. The summed E-state index contributed by atoms with van der Waals surface area (Å²) >= 11 is 0. The fraction of sp³-hybridized carbons (Fsp3) is 0.586. The van der Waals surface area contributed by atoms with Crippen molar-refractivity contribution < 1.29 is 8.78 Å². The Balaban J connectivity index is 1.38. The molecule has 0 unspecified atom stereocenters. The summed E-state index contributed by atoms with van der Waals surface area (Å²) in [5.74, 6) is 1.29. The van der Waals surface area contributed by atoms with Gasteiger partial charge in [0.15, 0.2) is 11.6 Å². The molecule has 0 bridgehead atoms. The topological polar surface area (TPSA) is 0 Å². The van der Waals surface area contributed by atoms with Gasteiger partial charge in [-0.25, -0.2) is 8.78 Å². The molecule has 2 aliphatic rings. The normalized spacial score (nSPS) is 27.2. The molecule has 2 aromatic carbocycles. The highest BCUT2D eigenvalue weighted by Gasteiger charge is 2.32. The Morgan fingerprint density at radius 1 is 0.839 bits per heavy atom. The van der Waals surface area contributed by atoms with Gasteiger partial charge in [0.2, 0.25) is 0 Å². The molecule has 4 rings (SSSR count). The van der Waals surface area contributed by atoms with E-state index in [4.69, 9.17) is 0 Å². The average molecular weight is 425 g/mol. The molecule has 2 heteroatoms. The molecule has 2 fully saturated rings. The van der Waals surface area contributed by atoms with Crippen LogP contribution < -0.4 is 0 Å². The highest BCUT2D eigenvalue weighted by molar-refractivity contribution is 5.85. The van der Waals surface area contributed by atoms with Gasteiger partial charge in [-0.3, -0.25) is 0 Å². The van der Waals surface area contributed by atoms with E-state index >= 15 is 0 Å². The predicted octanol–water partition coefficient (Wildman–Crippen LogP) is 9.12. The van der Waals surface area contributed by atoms with Gasteiger partial charge in [-0.1, -0.05) is 44.6 Å². The number of benzene rings is 2. The van der Waals surface area contributed by atoms with Crippen LogP contribution in [0.4, 0.5) is 8.78 Å². The summed E-state index contributed by atoms with van der Waals surface area (Å²) < 4.78 is 29.9. The van der Waals surface area contributed by atoms with Gasteiger partial charge >= 0.3 is 0 Å². The number of allylic oxidation sites excluding steroid dienone is 2. The van der Waals surface area contributed by atoms with Gasteiger partial charge in [-0.15, -0.1) is 0 Å². The second-order valence-electron chi connectivity index (χ2n) is 10.0. The van der Waals surface area contributed by atoms with Crippen LogP contribution in [0, 0.1) is 29.4 Å². The van der Waals surface area contributed by atoms with Gasteiger partial charge in [0.25, 0.3) is 0 Å². The van der Waals surface area contributed by atoms with E-state index in [0.29, 0.717) is 10.9 Å². The van der Waals surface area contributed by atoms with E-state index in [9.17, 15) is 8.78 Å². The van der Waals surface area contributed by atoms with Crippen molar-refractivity contribution in [2.75, 3.05) is 0 Å². The minimum atomic E-state index is -0.653. The van der Waals surface area contributed by atoms with Crippen LogP contribution in [0.1, 0.15) is 95.1 Å². The number of fused-ring (bicyclic) bond motifs is 1. The predicted molar refractivity (Wildman–Crippen MR) is 127 cm³/mol. The first-order chi connectivity index (χ1) is 15.1. The molecule has 0 saturated heterocycles. The lowest BCUT2D eigenvalue weighted by atomic mass is 9.68. The highest BCUT2D eigenvalue weighted by atomic mass is 19.2. The molecule has 0 radical (unpaired) electrons. The first-order valence-electron chi connectivity index (χ1n) is 12.7. The summed E-state index contributed by atoms with van der Waals surface area (Å²) in [5.41, 5.74) is 1.66. The smallest absolute Gasteiger partial charge is 0.166 e. The molecule has 0 spiro atoms. The SMILES string of the molecule is CCC/C=C/C1CCC(C2CCC(c3cc4ccc(CC)cc4c(F)c3F)CC2)CC1. The third-order valence-corrected chi connectivity index (χ3v) is 8.08. The number of rotatable bonds is 6. The Hall–Kier alpha value is -1.70. The van der Waals surface area contributed by atoms with E-state index in [2.05, 4.69) is 19.1 Å². The molecule has 0 amide bonds. The van der Waals surface area contributed by atoms with Crippen molar-refractivity contribution >= 4 is 10.8 Å². The molecular weight excluding hydrogens is 386 g/mol. The van der Waals surface area contributed by atoms with E-state index in [1.807, 2.05) is 31.2 Å². The van der Waals surface area contributed by atoms with Crippen LogP contribution in [0.15, 0.2) is 36.4 Å². The van der Waals surface area contributed by atoms with Gasteiger partial charge in [0, 0.05) is 5.39 Å². The molecule has 2 aliphatic carbocycles. The van der Waals surface area contributed by atoms with Crippen LogP contribution in [-0.2, 0) is 6.42 Å². The Morgan fingerprint density at radius 3 is 2.16 bits per heavy atom. The van der Waals surface area contributed by atoms with Crippen molar-refractivity contribution in [2.24, 2.45) is 17.8 Å². The standard InChI is InChI=1S/C29H38F2/c1-3-5-6-7-21-9-11-22(12-10-21)23-14-16-24(17-15-23)27-19-25-13-8-20(4-2)18-26(25)28(30)29(27)31/h6-8,13,18-19,21-24H,3-5,9-12,14-17H2,1-2H3/b7-6+. The van der Waals surface area contributed by atoms with Gasteiger partial charge < -0.3 is 0 Å². The maximum absolute atomic E-state index is 15.0. The fourth-order valence-corrected chi connectivity index (χ4v) is 6.08. The summed E-state index contributed by atoms with van der Waals surface area (Å²) in [5, 5.41) is 1.27. The van der Waals surface area contributed by atoms with Gasteiger partial charge in [0.1, 0.15) is 0 Å². The Kier molecular flexibility index (Phi) is 7.46. The molecule has 0 aliphatic heterocycles. The van der Waals surface area contributed by atoms with Crippen LogP contribution >= 0.6 is 0 Å². The first kappa shape index (κ1) is 22.5. The molecule has 31 heavy (non-hydrogen) atoms. The molecule has 2 aromatic rings. The second-order valence-corrected chi connectivity index (χ2v) is 10.0. The fourth-order valence-electron chi connectivity index (χ4n) is 6.08. The third kappa shape index (κ3) is 5.04. The quantitative estimate of drug-likeness (QED) is 0.406. The van der Waals surface area contributed by atoms with Crippen molar-refractivity contribution in [3.05, 3.63) is 59.2 Å². The van der Waals surface area contributed by atoms with Gasteiger partial charge in [-0.05, 0) is 117 Å². The number of aryl methyl sites for hydroxylation is 1. The lowest BCUT2D eigenvalue weighted by molar-refractivity contribution is 0.170. The van der Waals surface area contributed by atoms with Crippen molar-refractivity contribution in [1.82, 2.24) is 0 Å². The summed E-state index contributed by atoms with van der Waals surface area (Å²) in [4.78, 5) is 0. The Labute approximate surface area is 187 Å². The summed E-state index contributed by atoms with van der Waals surface area (Å²) in [7, 11) is 0. The lowest BCUT2D eigenvalue weighted by Gasteiger charge is -2.37. The number of hydrogen-bond acceptors (Lipinski definition) is 0. The molecule has 0 atom stereocenters. The van der Waals surface area contributed by atoms with Gasteiger partial charge in [0.05, 0.1) is 0 Å².